The maximum Gasteiger partial charge on any atom is 0.311 e. The van der Waals surface area contributed by atoms with Gasteiger partial charge in [-0.25, -0.2) is 4.39 Å². The number of benzene rings is 1. The van der Waals surface area contributed by atoms with Crippen LogP contribution in [-0.2, 0) is 9.53 Å². The second-order valence-electron chi connectivity index (χ2n) is 4.65. The van der Waals surface area contributed by atoms with E-state index in [0.717, 1.165) is 0 Å². The van der Waals surface area contributed by atoms with Crippen LogP contribution in [0.15, 0.2) is 24.3 Å². The molecule has 1 aromatic carbocycles. The van der Waals surface area contributed by atoms with E-state index in [1.165, 1.54) is 29.2 Å². The summed E-state index contributed by atoms with van der Waals surface area (Å²) >= 11 is 0. The number of rotatable bonds is 4. The number of carbonyl (C=O) groups is 2. The van der Waals surface area contributed by atoms with Crippen LogP contribution in [0.5, 0.6) is 0 Å². The van der Waals surface area contributed by atoms with Gasteiger partial charge >= 0.3 is 5.97 Å². The zero-order valence-electron chi connectivity index (χ0n) is 11.1. The number of ether oxygens (including phenoxy) is 1. The van der Waals surface area contributed by atoms with E-state index in [9.17, 15) is 14.0 Å². The standard InChI is InChI=1S/C14H16FNO4/c1-2-16(12-8-20-7-11(12)14(18)19)13(17)9-3-5-10(15)6-4-9/h3-6,11-12H,2,7-8H2,1H3,(H,18,19). The van der Waals surface area contributed by atoms with Crippen LogP contribution in [0.3, 0.4) is 0 Å². The molecule has 108 valence electrons. The van der Waals surface area contributed by atoms with Gasteiger partial charge in [-0.05, 0) is 31.2 Å². The van der Waals surface area contributed by atoms with Gasteiger partial charge in [-0.2, -0.15) is 0 Å². The summed E-state index contributed by atoms with van der Waals surface area (Å²) in [4.78, 5) is 25.0. The molecular weight excluding hydrogens is 265 g/mol. The lowest BCUT2D eigenvalue weighted by atomic mass is 10.0. The topological polar surface area (TPSA) is 66.8 Å². The van der Waals surface area contributed by atoms with Crippen molar-refractivity contribution in [2.24, 2.45) is 5.92 Å². The van der Waals surface area contributed by atoms with E-state index in [-0.39, 0.29) is 19.1 Å². The maximum absolute atomic E-state index is 12.9. The van der Waals surface area contributed by atoms with Crippen LogP contribution in [0.2, 0.25) is 0 Å². The fourth-order valence-electron chi connectivity index (χ4n) is 2.37. The van der Waals surface area contributed by atoms with Crippen LogP contribution < -0.4 is 0 Å². The molecule has 1 saturated heterocycles. The van der Waals surface area contributed by atoms with E-state index in [1.807, 2.05) is 0 Å². The van der Waals surface area contributed by atoms with Gasteiger partial charge in [0, 0.05) is 12.1 Å². The minimum atomic E-state index is -0.974. The van der Waals surface area contributed by atoms with Gasteiger partial charge in [-0.3, -0.25) is 9.59 Å². The summed E-state index contributed by atoms with van der Waals surface area (Å²) in [6.07, 6.45) is 0. The first-order valence-electron chi connectivity index (χ1n) is 6.41. The lowest BCUT2D eigenvalue weighted by Crippen LogP contribution is -2.46. The lowest BCUT2D eigenvalue weighted by molar-refractivity contribution is -0.142. The van der Waals surface area contributed by atoms with Crippen molar-refractivity contribution in [2.45, 2.75) is 13.0 Å². The fourth-order valence-corrected chi connectivity index (χ4v) is 2.37. The molecule has 6 heteroatoms. The average molecular weight is 281 g/mol. The first-order chi connectivity index (χ1) is 9.54. The van der Waals surface area contributed by atoms with Gasteiger partial charge in [0.25, 0.3) is 5.91 Å². The first kappa shape index (κ1) is 14.5. The third kappa shape index (κ3) is 2.80. The first-order valence-corrected chi connectivity index (χ1v) is 6.41. The average Bonchev–Trinajstić information content (AvgIpc) is 2.89. The van der Waals surface area contributed by atoms with Gasteiger partial charge in [0.2, 0.25) is 0 Å². The molecule has 0 saturated carbocycles. The molecule has 1 fully saturated rings. The van der Waals surface area contributed by atoms with Crippen LogP contribution >= 0.6 is 0 Å². The third-order valence-electron chi connectivity index (χ3n) is 3.46. The van der Waals surface area contributed by atoms with Crippen molar-refractivity contribution in [3.63, 3.8) is 0 Å². The minimum Gasteiger partial charge on any atom is -0.481 e. The molecule has 2 unspecified atom stereocenters. The number of aliphatic carboxylic acids is 1. The molecule has 0 radical (unpaired) electrons. The molecule has 1 heterocycles. The van der Waals surface area contributed by atoms with Gasteiger partial charge in [0.1, 0.15) is 11.7 Å². The van der Waals surface area contributed by atoms with Gasteiger partial charge < -0.3 is 14.7 Å². The maximum atomic E-state index is 12.9. The van der Waals surface area contributed by atoms with E-state index in [2.05, 4.69) is 0 Å². The quantitative estimate of drug-likeness (QED) is 0.905. The molecule has 0 aliphatic carbocycles. The fraction of sp³-hybridized carbons (Fsp3) is 0.429. The highest BCUT2D eigenvalue weighted by Crippen LogP contribution is 2.22. The highest BCUT2D eigenvalue weighted by molar-refractivity contribution is 5.94. The van der Waals surface area contributed by atoms with Crippen LogP contribution in [0.1, 0.15) is 17.3 Å². The molecule has 1 aliphatic heterocycles. The number of carbonyl (C=O) groups excluding carboxylic acids is 1. The largest absolute Gasteiger partial charge is 0.481 e. The Morgan fingerprint density at radius 1 is 1.35 bits per heavy atom. The molecular formula is C14H16FNO4. The number of hydrogen-bond donors (Lipinski definition) is 1. The van der Waals surface area contributed by atoms with E-state index >= 15 is 0 Å². The smallest absolute Gasteiger partial charge is 0.311 e. The van der Waals surface area contributed by atoms with Crippen molar-refractivity contribution in [3.8, 4) is 0 Å². The number of carboxylic acids is 1. The normalized spacial score (nSPS) is 21.7. The van der Waals surface area contributed by atoms with Crippen LogP contribution in [0, 0.1) is 11.7 Å². The van der Waals surface area contributed by atoms with Gasteiger partial charge in [-0.1, -0.05) is 0 Å². The van der Waals surface area contributed by atoms with Crippen molar-refractivity contribution in [1.29, 1.82) is 0 Å². The Balaban J connectivity index is 2.21. The Kier molecular flexibility index (Phi) is 4.34. The summed E-state index contributed by atoms with van der Waals surface area (Å²) in [5.74, 6) is -2.43. The SMILES string of the molecule is CCN(C(=O)c1ccc(F)cc1)C1COCC1C(=O)O. The molecule has 1 N–H and O–H groups in total. The number of carboxylic acid groups (broad SMARTS) is 1. The Morgan fingerprint density at radius 2 is 2.00 bits per heavy atom. The van der Waals surface area contributed by atoms with Crippen molar-refractivity contribution in [2.75, 3.05) is 19.8 Å². The van der Waals surface area contributed by atoms with Crippen molar-refractivity contribution < 1.29 is 23.8 Å². The van der Waals surface area contributed by atoms with E-state index < -0.39 is 23.7 Å². The number of nitrogens with zero attached hydrogens (tertiary/aromatic N) is 1. The summed E-state index contributed by atoms with van der Waals surface area (Å²) in [5, 5.41) is 9.15. The molecule has 5 nitrogen and oxygen atoms in total. The zero-order valence-corrected chi connectivity index (χ0v) is 11.1. The molecule has 2 rings (SSSR count). The predicted molar refractivity (Wildman–Crippen MR) is 68.8 cm³/mol. The highest BCUT2D eigenvalue weighted by atomic mass is 19.1. The molecule has 1 amide bonds. The molecule has 1 aromatic rings. The Labute approximate surface area is 116 Å². The van der Waals surface area contributed by atoms with Gasteiger partial charge in [-0.15, -0.1) is 0 Å². The molecule has 0 aromatic heterocycles. The van der Waals surface area contributed by atoms with Crippen molar-refractivity contribution in [1.82, 2.24) is 4.90 Å². The summed E-state index contributed by atoms with van der Waals surface area (Å²) < 4.78 is 18.1. The number of hydrogen-bond acceptors (Lipinski definition) is 3. The summed E-state index contributed by atoms with van der Waals surface area (Å²) in [6, 6.07) is 4.72. The minimum absolute atomic E-state index is 0.104. The molecule has 2 atom stereocenters. The number of likely N-dealkylation sites (N-methyl/N-ethyl adjacent to an activating group) is 1. The Hall–Kier alpha value is -1.95. The Bertz CT molecular complexity index is 502. The highest BCUT2D eigenvalue weighted by Gasteiger charge is 2.39. The van der Waals surface area contributed by atoms with Crippen LogP contribution in [-0.4, -0.2) is 47.7 Å². The third-order valence-corrected chi connectivity index (χ3v) is 3.46. The summed E-state index contributed by atoms with van der Waals surface area (Å²) in [7, 11) is 0. The monoisotopic (exact) mass is 281 g/mol. The van der Waals surface area contributed by atoms with Crippen LogP contribution in [0.4, 0.5) is 4.39 Å². The van der Waals surface area contributed by atoms with E-state index in [1.54, 1.807) is 6.92 Å². The summed E-state index contributed by atoms with van der Waals surface area (Å²) in [5.41, 5.74) is 0.337. The zero-order chi connectivity index (χ0) is 14.7. The van der Waals surface area contributed by atoms with Crippen molar-refractivity contribution >= 4 is 11.9 Å². The van der Waals surface area contributed by atoms with E-state index in [4.69, 9.17) is 9.84 Å². The van der Waals surface area contributed by atoms with Gasteiger partial charge in [0.05, 0.1) is 19.3 Å². The number of halogens is 1. The number of amides is 1. The lowest BCUT2D eigenvalue weighted by Gasteiger charge is -2.29. The van der Waals surface area contributed by atoms with Crippen LogP contribution in [0.25, 0.3) is 0 Å². The van der Waals surface area contributed by atoms with Crippen molar-refractivity contribution in [3.05, 3.63) is 35.6 Å². The predicted octanol–water partition coefficient (Wildman–Crippen LogP) is 1.39. The molecule has 0 spiro atoms. The van der Waals surface area contributed by atoms with E-state index in [0.29, 0.717) is 12.1 Å². The second kappa shape index (κ2) is 6.00. The Morgan fingerprint density at radius 3 is 2.55 bits per heavy atom. The van der Waals surface area contributed by atoms with Gasteiger partial charge in [0.15, 0.2) is 0 Å². The molecule has 20 heavy (non-hydrogen) atoms. The molecule has 0 bridgehead atoms. The second-order valence-corrected chi connectivity index (χ2v) is 4.65. The summed E-state index contributed by atoms with van der Waals surface area (Å²) in [6.45, 7) is 2.46. The molecule has 1 aliphatic rings.